The van der Waals surface area contributed by atoms with Gasteiger partial charge in [-0.1, -0.05) is 0 Å². The van der Waals surface area contributed by atoms with E-state index in [0.29, 0.717) is 25.0 Å². The van der Waals surface area contributed by atoms with Gasteiger partial charge in [0.15, 0.2) is 0 Å². The standard InChI is InChI=1S/C12H18O5/c1-16-10(13)4-9(12(14)15)11-7-2-3-8(11)6-17-5-7/h7-9,11H,2-6H2,1H3,(H,14,15). The number of hydrogen-bond donors (Lipinski definition) is 1. The molecule has 2 fully saturated rings. The van der Waals surface area contributed by atoms with Gasteiger partial charge in [-0.3, -0.25) is 9.59 Å². The molecule has 17 heavy (non-hydrogen) atoms. The zero-order valence-corrected chi connectivity index (χ0v) is 9.93. The van der Waals surface area contributed by atoms with Crippen molar-refractivity contribution < 1.29 is 24.2 Å². The molecule has 1 saturated carbocycles. The van der Waals surface area contributed by atoms with Crippen molar-refractivity contribution >= 4 is 11.9 Å². The molecule has 3 atom stereocenters. The van der Waals surface area contributed by atoms with Crippen molar-refractivity contribution in [2.75, 3.05) is 20.3 Å². The van der Waals surface area contributed by atoms with Gasteiger partial charge in [0.2, 0.25) is 0 Å². The second kappa shape index (κ2) is 5.04. The van der Waals surface area contributed by atoms with Crippen molar-refractivity contribution in [2.24, 2.45) is 23.7 Å². The first kappa shape index (κ1) is 12.4. The molecule has 0 aromatic carbocycles. The van der Waals surface area contributed by atoms with Crippen molar-refractivity contribution in [3.8, 4) is 0 Å². The molecule has 5 nitrogen and oxygen atoms in total. The van der Waals surface area contributed by atoms with Crippen LogP contribution in [0.3, 0.4) is 0 Å². The summed E-state index contributed by atoms with van der Waals surface area (Å²) in [5.74, 6) is -1.30. The first-order valence-corrected chi connectivity index (χ1v) is 6.01. The third kappa shape index (κ3) is 2.44. The van der Waals surface area contributed by atoms with E-state index in [2.05, 4.69) is 4.74 Å². The van der Waals surface area contributed by atoms with Crippen molar-refractivity contribution in [3.05, 3.63) is 0 Å². The van der Waals surface area contributed by atoms with Crippen LogP contribution in [0.5, 0.6) is 0 Å². The van der Waals surface area contributed by atoms with Crippen LogP contribution in [0.1, 0.15) is 19.3 Å². The van der Waals surface area contributed by atoms with Crippen LogP contribution in [0.2, 0.25) is 0 Å². The first-order valence-electron chi connectivity index (χ1n) is 6.01. The summed E-state index contributed by atoms with van der Waals surface area (Å²) in [4.78, 5) is 22.6. The highest BCUT2D eigenvalue weighted by molar-refractivity contribution is 5.79. The van der Waals surface area contributed by atoms with Gasteiger partial charge < -0.3 is 14.6 Å². The molecule has 0 aromatic heterocycles. The zero-order valence-electron chi connectivity index (χ0n) is 9.93. The molecule has 0 radical (unpaired) electrons. The lowest BCUT2D eigenvalue weighted by atomic mass is 9.76. The molecule has 0 aromatic rings. The summed E-state index contributed by atoms with van der Waals surface area (Å²) in [5, 5.41) is 9.28. The second-order valence-corrected chi connectivity index (χ2v) is 4.94. The molecule has 1 N–H and O–H groups in total. The minimum atomic E-state index is -0.890. The van der Waals surface area contributed by atoms with Crippen molar-refractivity contribution in [3.63, 3.8) is 0 Å². The molecule has 1 aliphatic heterocycles. The molecule has 1 aliphatic carbocycles. The van der Waals surface area contributed by atoms with E-state index in [-0.39, 0.29) is 12.3 Å². The Morgan fingerprint density at radius 1 is 1.35 bits per heavy atom. The van der Waals surface area contributed by atoms with Gasteiger partial charge in [0.1, 0.15) is 0 Å². The minimum Gasteiger partial charge on any atom is -0.481 e. The van der Waals surface area contributed by atoms with Crippen LogP contribution >= 0.6 is 0 Å². The number of rotatable bonds is 4. The molecule has 96 valence electrons. The molecule has 1 heterocycles. The monoisotopic (exact) mass is 242 g/mol. The second-order valence-electron chi connectivity index (χ2n) is 4.94. The quantitative estimate of drug-likeness (QED) is 0.742. The van der Waals surface area contributed by atoms with Gasteiger partial charge in [-0.15, -0.1) is 0 Å². The molecule has 2 rings (SSSR count). The number of ether oxygens (including phenoxy) is 2. The van der Waals surface area contributed by atoms with Gasteiger partial charge in [-0.05, 0) is 30.6 Å². The number of esters is 1. The fraction of sp³-hybridized carbons (Fsp3) is 0.833. The number of aliphatic carboxylic acids is 1. The molecule has 3 unspecified atom stereocenters. The Morgan fingerprint density at radius 2 is 1.94 bits per heavy atom. The van der Waals surface area contributed by atoms with E-state index in [1.165, 1.54) is 7.11 Å². The van der Waals surface area contributed by atoms with Crippen molar-refractivity contribution in [1.29, 1.82) is 0 Å². The topological polar surface area (TPSA) is 72.8 Å². The molecule has 2 bridgehead atoms. The Labute approximate surface area is 100 Å². The zero-order chi connectivity index (χ0) is 12.4. The smallest absolute Gasteiger partial charge is 0.307 e. The van der Waals surface area contributed by atoms with Crippen LogP contribution in [0.15, 0.2) is 0 Å². The fourth-order valence-electron chi connectivity index (χ4n) is 3.27. The number of fused-ring (bicyclic) bond motifs is 2. The number of carboxylic acid groups (broad SMARTS) is 1. The van der Waals surface area contributed by atoms with E-state index < -0.39 is 17.9 Å². The Morgan fingerprint density at radius 3 is 2.41 bits per heavy atom. The van der Waals surface area contributed by atoms with E-state index in [1.807, 2.05) is 0 Å². The normalized spacial score (nSPS) is 33.1. The number of methoxy groups -OCH3 is 1. The summed E-state index contributed by atoms with van der Waals surface area (Å²) < 4.78 is 10.0. The minimum absolute atomic E-state index is 0.0243. The van der Waals surface area contributed by atoms with Gasteiger partial charge in [-0.2, -0.15) is 0 Å². The summed E-state index contributed by atoms with van der Waals surface area (Å²) in [6.07, 6.45) is 2.00. The summed E-state index contributed by atoms with van der Waals surface area (Å²) in [6, 6.07) is 0. The summed E-state index contributed by atoms with van der Waals surface area (Å²) in [6.45, 7) is 1.26. The number of carbonyl (C=O) groups is 2. The van der Waals surface area contributed by atoms with E-state index in [4.69, 9.17) is 4.74 Å². The molecule has 0 spiro atoms. The fourth-order valence-corrected chi connectivity index (χ4v) is 3.27. The predicted molar refractivity (Wildman–Crippen MR) is 58.3 cm³/mol. The summed E-state index contributed by atoms with van der Waals surface area (Å²) in [5.41, 5.74) is 0. The van der Waals surface area contributed by atoms with Crippen LogP contribution in [0.4, 0.5) is 0 Å². The lowest BCUT2D eigenvalue weighted by Crippen LogP contribution is -2.38. The molecule has 5 heteroatoms. The Hall–Kier alpha value is -1.10. The van der Waals surface area contributed by atoms with E-state index in [9.17, 15) is 14.7 Å². The van der Waals surface area contributed by atoms with Crippen LogP contribution in [-0.4, -0.2) is 37.4 Å². The van der Waals surface area contributed by atoms with Crippen LogP contribution in [0, 0.1) is 23.7 Å². The van der Waals surface area contributed by atoms with E-state index >= 15 is 0 Å². The maximum atomic E-state index is 11.3. The Bertz CT molecular complexity index is 298. The Balaban J connectivity index is 2.10. The van der Waals surface area contributed by atoms with E-state index in [0.717, 1.165) is 12.8 Å². The van der Waals surface area contributed by atoms with Gasteiger partial charge >= 0.3 is 11.9 Å². The average Bonchev–Trinajstić information content (AvgIpc) is 2.55. The predicted octanol–water partition coefficient (Wildman–Crippen LogP) is 0.923. The summed E-state index contributed by atoms with van der Waals surface area (Å²) >= 11 is 0. The van der Waals surface area contributed by atoms with Gasteiger partial charge in [0.25, 0.3) is 0 Å². The molecule has 0 amide bonds. The highest BCUT2D eigenvalue weighted by atomic mass is 16.5. The van der Waals surface area contributed by atoms with Crippen LogP contribution in [0.25, 0.3) is 0 Å². The maximum absolute atomic E-state index is 11.3. The third-order valence-corrected chi connectivity index (χ3v) is 4.06. The number of hydrogen-bond acceptors (Lipinski definition) is 4. The highest BCUT2D eigenvalue weighted by Gasteiger charge is 2.47. The molecular formula is C12H18O5. The largest absolute Gasteiger partial charge is 0.481 e. The number of carboxylic acids is 1. The lowest BCUT2D eigenvalue weighted by molar-refractivity contribution is -0.155. The first-order chi connectivity index (χ1) is 8.13. The van der Waals surface area contributed by atoms with Crippen molar-refractivity contribution in [1.82, 2.24) is 0 Å². The Kier molecular flexibility index (Phi) is 3.66. The van der Waals surface area contributed by atoms with Crippen LogP contribution < -0.4 is 0 Å². The third-order valence-electron chi connectivity index (χ3n) is 4.06. The number of carbonyl (C=O) groups excluding carboxylic acids is 1. The van der Waals surface area contributed by atoms with Gasteiger partial charge in [-0.25, -0.2) is 0 Å². The molecular weight excluding hydrogens is 224 g/mol. The van der Waals surface area contributed by atoms with E-state index in [1.54, 1.807) is 0 Å². The van der Waals surface area contributed by atoms with Gasteiger partial charge in [0, 0.05) is 13.2 Å². The molecule has 1 saturated heterocycles. The SMILES string of the molecule is COC(=O)CC(C(=O)O)C1C2CCC1COC2. The van der Waals surface area contributed by atoms with Crippen LogP contribution in [-0.2, 0) is 19.1 Å². The summed E-state index contributed by atoms with van der Waals surface area (Å²) in [7, 11) is 1.29. The molecule has 2 aliphatic rings. The average molecular weight is 242 g/mol. The lowest BCUT2D eigenvalue weighted by Gasteiger charge is -2.33. The maximum Gasteiger partial charge on any atom is 0.307 e. The van der Waals surface area contributed by atoms with Crippen molar-refractivity contribution in [2.45, 2.75) is 19.3 Å². The highest BCUT2D eigenvalue weighted by Crippen LogP contribution is 2.46. The van der Waals surface area contributed by atoms with Gasteiger partial charge in [0.05, 0.1) is 19.4 Å².